The number of benzene rings is 2. The third-order valence-corrected chi connectivity index (χ3v) is 5.52. The second kappa shape index (κ2) is 8.75. The molecule has 1 aliphatic heterocycles. The standard InChI is InChI=1S/C20H18ClIN2O3/c21-14-7-8-16(22)18(12-14)23-17(20(26)27)9-6-13-10-11-24(19(13)25)15-4-2-1-3-5-15/h1-8,12,17,23H,9-11H2,(H,26,27)/b13-6+/t17-/m0/s1. The lowest BCUT2D eigenvalue weighted by molar-refractivity contribution is -0.137. The molecule has 140 valence electrons. The Morgan fingerprint density at radius 2 is 2.04 bits per heavy atom. The molecule has 3 rings (SSSR count). The van der Waals surface area contributed by atoms with Gasteiger partial charge in [-0.1, -0.05) is 35.9 Å². The van der Waals surface area contributed by atoms with Gasteiger partial charge in [-0.3, -0.25) is 4.79 Å². The Labute approximate surface area is 176 Å². The largest absolute Gasteiger partial charge is 0.480 e. The lowest BCUT2D eigenvalue weighted by atomic mass is 10.1. The topological polar surface area (TPSA) is 69.6 Å². The fourth-order valence-electron chi connectivity index (χ4n) is 2.94. The molecule has 1 fully saturated rings. The van der Waals surface area contributed by atoms with Gasteiger partial charge in [0, 0.05) is 32.1 Å². The van der Waals surface area contributed by atoms with Crippen LogP contribution < -0.4 is 10.2 Å². The average Bonchev–Trinajstić information content (AvgIpc) is 3.02. The zero-order chi connectivity index (χ0) is 19.4. The first-order valence-electron chi connectivity index (χ1n) is 8.46. The molecule has 2 aromatic rings. The number of hydrogen-bond acceptors (Lipinski definition) is 3. The van der Waals surface area contributed by atoms with Gasteiger partial charge in [-0.2, -0.15) is 0 Å². The number of carboxylic acid groups (broad SMARTS) is 1. The molecule has 1 aliphatic rings. The molecule has 0 spiro atoms. The second-order valence-corrected chi connectivity index (χ2v) is 7.77. The van der Waals surface area contributed by atoms with Crippen LogP contribution in [0.3, 0.4) is 0 Å². The van der Waals surface area contributed by atoms with Crippen molar-refractivity contribution in [3.8, 4) is 0 Å². The van der Waals surface area contributed by atoms with Crippen molar-refractivity contribution >= 4 is 57.4 Å². The van der Waals surface area contributed by atoms with E-state index in [1.807, 2.05) is 36.4 Å². The van der Waals surface area contributed by atoms with Crippen LogP contribution in [0.5, 0.6) is 0 Å². The number of amides is 1. The van der Waals surface area contributed by atoms with E-state index in [2.05, 4.69) is 27.9 Å². The number of anilines is 2. The molecule has 0 unspecified atom stereocenters. The summed E-state index contributed by atoms with van der Waals surface area (Å²) in [5.74, 6) is -1.05. The van der Waals surface area contributed by atoms with E-state index in [0.29, 0.717) is 29.2 Å². The SMILES string of the molecule is O=C(O)[C@H](C/C=C1\CCN(c2ccccc2)C1=O)Nc1cc(Cl)ccc1I. The number of para-hydroxylation sites is 1. The van der Waals surface area contributed by atoms with E-state index >= 15 is 0 Å². The normalized spacial score (nSPS) is 16.6. The van der Waals surface area contributed by atoms with Crippen molar-refractivity contribution in [2.45, 2.75) is 18.9 Å². The van der Waals surface area contributed by atoms with Crippen LogP contribution in [0.25, 0.3) is 0 Å². The quantitative estimate of drug-likeness (QED) is 0.454. The molecule has 0 aromatic heterocycles. The maximum Gasteiger partial charge on any atom is 0.326 e. The predicted octanol–water partition coefficient (Wildman–Crippen LogP) is 4.56. The number of carbonyl (C=O) groups is 2. The molecule has 2 aromatic carbocycles. The summed E-state index contributed by atoms with van der Waals surface area (Å²) < 4.78 is 0.878. The van der Waals surface area contributed by atoms with Crippen molar-refractivity contribution in [3.05, 3.63) is 68.8 Å². The molecule has 1 amide bonds. The second-order valence-electron chi connectivity index (χ2n) is 6.17. The fourth-order valence-corrected chi connectivity index (χ4v) is 3.60. The first kappa shape index (κ1) is 19.7. The highest BCUT2D eigenvalue weighted by molar-refractivity contribution is 14.1. The predicted molar refractivity (Wildman–Crippen MR) is 115 cm³/mol. The molecule has 0 aliphatic carbocycles. The van der Waals surface area contributed by atoms with Crippen LogP contribution in [0, 0.1) is 3.57 Å². The van der Waals surface area contributed by atoms with Crippen LogP contribution in [0.4, 0.5) is 11.4 Å². The Hall–Kier alpha value is -2.06. The Balaban J connectivity index is 1.71. The summed E-state index contributed by atoms with van der Waals surface area (Å²) in [4.78, 5) is 26.0. The van der Waals surface area contributed by atoms with Gasteiger partial charge in [-0.05, 0) is 65.8 Å². The zero-order valence-electron chi connectivity index (χ0n) is 14.4. The summed E-state index contributed by atoms with van der Waals surface area (Å²) in [6.07, 6.45) is 2.55. The number of carbonyl (C=O) groups excluding carboxylic acids is 1. The number of aliphatic carboxylic acids is 1. The smallest absolute Gasteiger partial charge is 0.326 e. The van der Waals surface area contributed by atoms with Crippen molar-refractivity contribution in [2.24, 2.45) is 0 Å². The van der Waals surface area contributed by atoms with Crippen LogP contribution >= 0.6 is 34.2 Å². The Morgan fingerprint density at radius 1 is 1.30 bits per heavy atom. The molecule has 27 heavy (non-hydrogen) atoms. The Kier molecular flexibility index (Phi) is 6.38. The van der Waals surface area contributed by atoms with Crippen molar-refractivity contribution in [2.75, 3.05) is 16.8 Å². The maximum atomic E-state index is 12.6. The summed E-state index contributed by atoms with van der Waals surface area (Å²) in [6.45, 7) is 0.603. The molecule has 1 saturated heterocycles. The Bertz CT molecular complexity index is 886. The summed E-state index contributed by atoms with van der Waals surface area (Å²) >= 11 is 8.12. The molecule has 0 radical (unpaired) electrons. The van der Waals surface area contributed by atoms with Crippen LogP contribution in [0.1, 0.15) is 12.8 Å². The van der Waals surface area contributed by atoms with Crippen LogP contribution in [-0.2, 0) is 9.59 Å². The summed E-state index contributed by atoms with van der Waals surface area (Å²) in [7, 11) is 0. The summed E-state index contributed by atoms with van der Waals surface area (Å²) in [5, 5.41) is 13.1. The van der Waals surface area contributed by atoms with E-state index in [9.17, 15) is 14.7 Å². The molecule has 0 bridgehead atoms. The highest BCUT2D eigenvalue weighted by Gasteiger charge is 2.27. The van der Waals surface area contributed by atoms with Crippen molar-refractivity contribution in [1.29, 1.82) is 0 Å². The first-order valence-corrected chi connectivity index (χ1v) is 9.91. The fraction of sp³-hybridized carbons (Fsp3) is 0.200. The van der Waals surface area contributed by atoms with Gasteiger partial charge in [-0.15, -0.1) is 0 Å². The van der Waals surface area contributed by atoms with Gasteiger partial charge < -0.3 is 15.3 Å². The Morgan fingerprint density at radius 3 is 2.74 bits per heavy atom. The summed E-state index contributed by atoms with van der Waals surface area (Å²) in [6, 6.07) is 13.9. The van der Waals surface area contributed by atoms with E-state index in [1.54, 1.807) is 23.1 Å². The van der Waals surface area contributed by atoms with E-state index in [0.717, 1.165) is 9.26 Å². The number of rotatable bonds is 6. The van der Waals surface area contributed by atoms with Crippen LogP contribution in [-0.4, -0.2) is 29.6 Å². The van der Waals surface area contributed by atoms with Gasteiger partial charge in [0.1, 0.15) is 6.04 Å². The number of carboxylic acids is 1. The molecular formula is C20H18ClIN2O3. The summed E-state index contributed by atoms with van der Waals surface area (Å²) in [5.41, 5.74) is 2.16. The van der Waals surface area contributed by atoms with Crippen molar-refractivity contribution in [3.63, 3.8) is 0 Å². The number of hydrogen-bond donors (Lipinski definition) is 2. The average molecular weight is 497 g/mol. The monoisotopic (exact) mass is 496 g/mol. The van der Waals surface area contributed by atoms with E-state index in [4.69, 9.17) is 11.6 Å². The highest BCUT2D eigenvalue weighted by Crippen LogP contribution is 2.26. The minimum Gasteiger partial charge on any atom is -0.480 e. The zero-order valence-corrected chi connectivity index (χ0v) is 17.3. The van der Waals surface area contributed by atoms with Crippen molar-refractivity contribution < 1.29 is 14.7 Å². The molecule has 0 saturated carbocycles. The first-order chi connectivity index (χ1) is 13.0. The van der Waals surface area contributed by atoms with E-state index in [1.165, 1.54) is 0 Å². The molecule has 7 heteroatoms. The van der Waals surface area contributed by atoms with Gasteiger partial charge in [-0.25, -0.2) is 4.79 Å². The number of halogens is 2. The molecule has 5 nitrogen and oxygen atoms in total. The minimum atomic E-state index is -0.979. The molecule has 1 atom stereocenters. The third-order valence-electron chi connectivity index (χ3n) is 4.35. The minimum absolute atomic E-state index is 0.0670. The highest BCUT2D eigenvalue weighted by atomic mass is 127. The number of nitrogens with zero attached hydrogens (tertiary/aromatic N) is 1. The van der Waals surface area contributed by atoms with Gasteiger partial charge in [0.2, 0.25) is 0 Å². The van der Waals surface area contributed by atoms with E-state index < -0.39 is 12.0 Å². The van der Waals surface area contributed by atoms with Crippen molar-refractivity contribution in [1.82, 2.24) is 0 Å². The number of nitrogens with one attached hydrogen (secondary N) is 1. The van der Waals surface area contributed by atoms with Crippen LogP contribution in [0.2, 0.25) is 5.02 Å². The molecule has 2 N–H and O–H groups in total. The maximum absolute atomic E-state index is 12.6. The lowest BCUT2D eigenvalue weighted by Crippen LogP contribution is -2.29. The lowest BCUT2D eigenvalue weighted by Gasteiger charge is -2.16. The van der Waals surface area contributed by atoms with Gasteiger partial charge in [0.25, 0.3) is 5.91 Å². The van der Waals surface area contributed by atoms with Gasteiger partial charge in [0.15, 0.2) is 0 Å². The third kappa shape index (κ3) is 4.81. The van der Waals surface area contributed by atoms with Crippen LogP contribution in [0.15, 0.2) is 60.2 Å². The van der Waals surface area contributed by atoms with E-state index in [-0.39, 0.29) is 12.3 Å². The molecular weight excluding hydrogens is 479 g/mol. The molecule has 1 heterocycles. The van der Waals surface area contributed by atoms with Gasteiger partial charge >= 0.3 is 5.97 Å². The van der Waals surface area contributed by atoms with Gasteiger partial charge in [0.05, 0.1) is 0 Å².